The zero-order chi connectivity index (χ0) is 20.6. The quantitative estimate of drug-likeness (QED) is 0.706. The van der Waals surface area contributed by atoms with Crippen molar-refractivity contribution in [2.45, 2.75) is 13.0 Å². The molecule has 8 heteroatoms. The fourth-order valence-corrected chi connectivity index (χ4v) is 3.03. The van der Waals surface area contributed by atoms with Gasteiger partial charge in [-0.15, -0.1) is 0 Å². The fraction of sp³-hybridized carbons (Fsp3) is 0.381. The van der Waals surface area contributed by atoms with Crippen LogP contribution in [0.25, 0.3) is 0 Å². The number of hydrogen-bond donors (Lipinski definition) is 2. The van der Waals surface area contributed by atoms with E-state index in [-0.39, 0.29) is 6.03 Å². The van der Waals surface area contributed by atoms with Crippen LogP contribution in [0.4, 0.5) is 4.79 Å². The highest BCUT2D eigenvalue weighted by atomic mass is 16.6. The molecule has 0 bridgehead atoms. The maximum atomic E-state index is 12.2. The maximum absolute atomic E-state index is 12.2. The number of benzene rings is 2. The van der Waals surface area contributed by atoms with Crippen molar-refractivity contribution in [2.24, 2.45) is 0 Å². The molecule has 1 aliphatic heterocycles. The summed E-state index contributed by atoms with van der Waals surface area (Å²) in [5, 5.41) is 5.68. The second-order valence-corrected chi connectivity index (χ2v) is 6.36. The van der Waals surface area contributed by atoms with Crippen molar-refractivity contribution in [1.29, 1.82) is 0 Å². The van der Waals surface area contributed by atoms with Crippen molar-refractivity contribution in [3.63, 3.8) is 0 Å². The molecule has 2 amide bonds. The number of nitrogens with one attached hydrogen (secondary N) is 2. The first kappa shape index (κ1) is 20.4. The molecule has 3 rings (SSSR count). The summed E-state index contributed by atoms with van der Waals surface area (Å²) < 4.78 is 27.0. The Balaban J connectivity index is 1.50. The number of methoxy groups -OCH3 is 3. The van der Waals surface area contributed by atoms with Gasteiger partial charge in [0.15, 0.2) is 23.0 Å². The van der Waals surface area contributed by atoms with E-state index in [4.69, 9.17) is 23.7 Å². The van der Waals surface area contributed by atoms with Gasteiger partial charge in [-0.2, -0.15) is 0 Å². The molecule has 8 nitrogen and oxygen atoms in total. The van der Waals surface area contributed by atoms with Crippen LogP contribution in [0, 0.1) is 0 Å². The van der Waals surface area contributed by atoms with Gasteiger partial charge in [0.1, 0.15) is 19.0 Å². The number of rotatable bonds is 8. The molecule has 29 heavy (non-hydrogen) atoms. The van der Waals surface area contributed by atoms with E-state index in [0.29, 0.717) is 50.0 Å². The van der Waals surface area contributed by atoms with Crippen LogP contribution in [-0.2, 0) is 13.0 Å². The Morgan fingerprint density at radius 3 is 2.31 bits per heavy atom. The minimum absolute atomic E-state index is 0.264. The molecular weight excluding hydrogens is 376 g/mol. The molecule has 0 radical (unpaired) electrons. The molecule has 0 fully saturated rings. The van der Waals surface area contributed by atoms with Gasteiger partial charge in [-0.3, -0.25) is 0 Å². The average molecular weight is 402 g/mol. The Morgan fingerprint density at radius 2 is 1.59 bits per heavy atom. The lowest BCUT2D eigenvalue weighted by atomic mass is 10.1. The Morgan fingerprint density at radius 1 is 0.897 bits per heavy atom. The van der Waals surface area contributed by atoms with Gasteiger partial charge in [0.25, 0.3) is 0 Å². The molecule has 0 saturated heterocycles. The summed E-state index contributed by atoms with van der Waals surface area (Å²) in [6.07, 6.45) is 0.684. The van der Waals surface area contributed by atoms with E-state index in [2.05, 4.69) is 10.6 Å². The summed E-state index contributed by atoms with van der Waals surface area (Å²) in [6.45, 7) is 1.91. The van der Waals surface area contributed by atoms with Crippen LogP contribution in [0.3, 0.4) is 0 Å². The molecule has 0 unspecified atom stereocenters. The first-order valence-corrected chi connectivity index (χ1v) is 9.33. The normalized spacial score (nSPS) is 12.1. The van der Waals surface area contributed by atoms with E-state index in [1.165, 1.54) is 0 Å². The van der Waals surface area contributed by atoms with Crippen molar-refractivity contribution in [1.82, 2.24) is 10.6 Å². The molecule has 0 atom stereocenters. The zero-order valence-corrected chi connectivity index (χ0v) is 16.9. The second kappa shape index (κ2) is 9.77. The minimum Gasteiger partial charge on any atom is -0.496 e. The van der Waals surface area contributed by atoms with Crippen LogP contribution in [0.1, 0.15) is 11.1 Å². The standard InChI is InChI=1S/C21H26N2O6/c1-25-17-12-19(27-3)18(26-2)11-15(17)13-23-21(24)22-7-6-14-4-5-16-20(10-14)29-9-8-28-16/h4-5,10-12H,6-9,13H2,1-3H3,(H2,22,23,24). The highest BCUT2D eigenvalue weighted by molar-refractivity contribution is 5.74. The first-order valence-electron chi connectivity index (χ1n) is 9.33. The lowest BCUT2D eigenvalue weighted by molar-refractivity contribution is 0.171. The second-order valence-electron chi connectivity index (χ2n) is 6.36. The fourth-order valence-electron chi connectivity index (χ4n) is 3.03. The van der Waals surface area contributed by atoms with Crippen molar-refractivity contribution in [3.8, 4) is 28.7 Å². The van der Waals surface area contributed by atoms with Gasteiger partial charge in [0.2, 0.25) is 0 Å². The monoisotopic (exact) mass is 402 g/mol. The van der Waals surface area contributed by atoms with Crippen molar-refractivity contribution >= 4 is 6.03 Å². The molecule has 1 heterocycles. The van der Waals surface area contributed by atoms with E-state index in [1.54, 1.807) is 33.5 Å². The Bertz CT molecular complexity index is 855. The third-order valence-electron chi connectivity index (χ3n) is 4.53. The lowest BCUT2D eigenvalue weighted by Crippen LogP contribution is -2.36. The van der Waals surface area contributed by atoms with Crippen LogP contribution < -0.4 is 34.3 Å². The van der Waals surface area contributed by atoms with Gasteiger partial charge in [0, 0.05) is 24.7 Å². The molecule has 2 aromatic carbocycles. The third-order valence-corrected chi connectivity index (χ3v) is 4.53. The highest BCUT2D eigenvalue weighted by Crippen LogP contribution is 2.34. The number of fused-ring (bicyclic) bond motifs is 1. The summed E-state index contributed by atoms with van der Waals surface area (Å²) in [4.78, 5) is 12.2. The number of amides is 2. The van der Waals surface area contributed by atoms with E-state index < -0.39 is 0 Å². The van der Waals surface area contributed by atoms with Crippen LogP contribution in [0.2, 0.25) is 0 Å². The van der Waals surface area contributed by atoms with Crippen LogP contribution >= 0.6 is 0 Å². The van der Waals surface area contributed by atoms with E-state index in [1.807, 2.05) is 18.2 Å². The van der Waals surface area contributed by atoms with Crippen LogP contribution in [0.5, 0.6) is 28.7 Å². The summed E-state index contributed by atoms with van der Waals surface area (Å²) in [5.41, 5.74) is 1.85. The largest absolute Gasteiger partial charge is 0.496 e. The highest BCUT2D eigenvalue weighted by Gasteiger charge is 2.13. The smallest absolute Gasteiger partial charge is 0.315 e. The van der Waals surface area contributed by atoms with Gasteiger partial charge < -0.3 is 34.3 Å². The Labute approximate surface area is 170 Å². The molecule has 1 aliphatic rings. The number of urea groups is 1. The SMILES string of the molecule is COc1cc(OC)c(OC)cc1CNC(=O)NCCc1ccc2c(c1)OCCO2. The van der Waals surface area contributed by atoms with Crippen LogP contribution in [-0.4, -0.2) is 47.1 Å². The van der Waals surface area contributed by atoms with E-state index in [9.17, 15) is 4.79 Å². The molecule has 2 aromatic rings. The topological polar surface area (TPSA) is 87.3 Å². The summed E-state index contributed by atoms with van der Waals surface area (Å²) in [5.74, 6) is 3.26. The van der Waals surface area contributed by atoms with Gasteiger partial charge in [-0.05, 0) is 30.2 Å². The minimum atomic E-state index is -0.264. The van der Waals surface area contributed by atoms with Crippen molar-refractivity contribution in [2.75, 3.05) is 41.1 Å². The summed E-state index contributed by atoms with van der Waals surface area (Å²) >= 11 is 0. The number of ether oxygens (including phenoxy) is 5. The third kappa shape index (κ3) is 5.16. The molecule has 0 aromatic heterocycles. The molecule has 156 valence electrons. The van der Waals surface area contributed by atoms with Gasteiger partial charge >= 0.3 is 6.03 Å². The number of carbonyl (C=O) groups excluding carboxylic acids is 1. The van der Waals surface area contributed by atoms with Crippen LogP contribution in [0.15, 0.2) is 30.3 Å². The lowest BCUT2D eigenvalue weighted by Gasteiger charge is -2.19. The predicted molar refractivity (Wildman–Crippen MR) is 107 cm³/mol. The van der Waals surface area contributed by atoms with Crippen molar-refractivity contribution < 1.29 is 28.5 Å². The molecule has 0 aliphatic carbocycles. The molecule has 2 N–H and O–H groups in total. The summed E-state index contributed by atoms with van der Waals surface area (Å²) in [6, 6.07) is 9.07. The number of carbonyl (C=O) groups is 1. The molecular formula is C21H26N2O6. The predicted octanol–water partition coefficient (Wildman–Crippen LogP) is 2.53. The number of hydrogen-bond acceptors (Lipinski definition) is 6. The van der Waals surface area contributed by atoms with Crippen molar-refractivity contribution in [3.05, 3.63) is 41.5 Å². The average Bonchev–Trinajstić information content (AvgIpc) is 2.76. The Kier molecular flexibility index (Phi) is 6.89. The van der Waals surface area contributed by atoms with E-state index >= 15 is 0 Å². The van der Waals surface area contributed by atoms with Gasteiger partial charge in [-0.25, -0.2) is 4.79 Å². The molecule has 0 saturated carbocycles. The summed E-state index contributed by atoms with van der Waals surface area (Å²) in [7, 11) is 4.69. The molecule has 0 spiro atoms. The van der Waals surface area contributed by atoms with Gasteiger partial charge in [-0.1, -0.05) is 6.07 Å². The first-order chi connectivity index (χ1) is 14.1. The Hall–Kier alpha value is -3.29. The van der Waals surface area contributed by atoms with Gasteiger partial charge in [0.05, 0.1) is 21.3 Å². The zero-order valence-electron chi connectivity index (χ0n) is 16.9. The maximum Gasteiger partial charge on any atom is 0.315 e. The van der Waals surface area contributed by atoms with E-state index in [0.717, 1.165) is 22.6 Å².